The Balaban J connectivity index is 2.25. The van der Waals surface area contributed by atoms with Crippen molar-refractivity contribution >= 4 is 0 Å². The molecular weight excluding hydrogens is 222 g/mol. The molecule has 3 aromatic rings. The van der Waals surface area contributed by atoms with Gasteiger partial charge in [-0.25, -0.2) is 0 Å². The zero-order valence-corrected chi connectivity index (χ0v) is 10.1. The van der Waals surface area contributed by atoms with E-state index in [4.69, 9.17) is 4.52 Å². The summed E-state index contributed by atoms with van der Waals surface area (Å²) < 4.78 is 4.95. The first-order valence-electron chi connectivity index (χ1n) is 5.92. The topological polar surface area (TPSA) is 26.0 Å². The molecule has 0 saturated heterocycles. The summed E-state index contributed by atoms with van der Waals surface area (Å²) in [5.41, 5.74) is 5.63. The lowest BCUT2D eigenvalue weighted by atomic mass is 9.93. The summed E-state index contributed by atoms with van der Waals surface area (Å²) in [6.07, 6.45) is 1.60. The van der Waals surface area contributed by atoms with Gasteiger partial charge in [-0.2, -0.15) is 0 Å². The summed E-state index contributed by atoms with van der Waals surface area (Å²) in [6.45, 7) is 2.12. The molecule has 0 unspecified atom stereocenters. The van der Waals surface area contributed by atoms with Gasteiger partial charge >= 0.3 is 0 Å². The van der Waals surface area contributed by atoms with E-state index in [-0.39, 0.29) is 0 Å². The molecule has 0 saturated carbocycles. The minimum absolute atomic E-state index is 0.873. The van der Waals surface area contributed by atoms with Gasteiger partial charge in [-0.1, -0.05) is 53.7 Å². The van der Waals surface area contributed by atoms with Gasteiger partial charge in [0.1, 0.15) is 12.0 Å². The van der Waals surface area contributed by atoms with Crippen molar-refractivity contribution in [1.29, 1.82) is 0 Å². The highest BCUT2D eigenvalue weighted by molar-refractivity contribution is 5.83. The molecule has 2 heteroatoms. The molecule has 0 N–H and O–H groups in total. The van der Waals surface area contributed by atoms with E-state index in [9.17, 15) is 0 Å². The second-order valence-corrected chi connectivity index (χ2v) is 4.25. The molecule has 2 nitrogen and oxygen atoms in total. The molecule has 0 aliphatic heterocycles. The van der Waals surface area contributed by atoms with E-state index in [2.05, 4.69) is 36.3 Å². The van der Waals surface area contributed by atoms with Crippen molar-refractivity contribution in [2.45, 2.75) is 6.92 Å². The predicted molar refractivity (Wildman–Crippen MR) is 72.1 cm³/mol. The van der Waals surface area contributed by atoms with Crippen LogP contribution < -0.4 is 0 Å². The molecule has 0 aliphatic carbocycles. The van der Waals surface area contributed by atoms with Crippen LogP contribution in [0.2, 0.25) is 0 Å². The Morgan fingerprint density at radius 2 is 1.72 bits per heavy atom. The number of aromatic nitrogens is 1. The molecule has 0 bridgehead atoms. The highest BCUT2D eigenvalue weighted by Crippen LogP contribution is 2.33. The standard InChI is InChI=1S/C16H13NO/c1-12-6-5-9-14(15-10-11-18-17-15)16(12)13-7-3-2-4-8-13/h2-11H,1H3. The van der Waals surface area contributed by atoms with Gasteiger partial charge in [0.15, 0.2) is 0 Å². The second-order valence-electron chi connectivity index (χ2n) is 4.25. The Labute approximate surface area is 106 Å². The van der Waals surface area contributed by atoms with Crippen LogP contribution in [0.3, 0.4) is 0 Å². The minimum Gasteiger partial charge on any atom is -0.364 e. The number of rotatable bonds is 2. The smallest absolute Gasteiger partial charge is 0.124 e. The van der Waals surface area contributed by atoms with Gasteiger partial charge in [0.05, 0.1) is 0 Å². The molecule has 0 atom stereocenters. The Morgan fingerprint density at radius 1 is 0.889 bits per heavy atom. The van der Waals surface area contributed by atoms with Crippen molar-refractivity contribution in [3.63, 3.8) is 0 Å². The molecule has 0 aliphatic rings. The van der Waals surface area contributed by atoms with Crippen molar-refractivity contribution in [2.24, 2.45) is 0 Å². The summed E-state index contributed by atoms with van der Waals surface area (Å²) in [5, 5.41) is 4.04. The van der Waals surface area contributed by atoms with Gasteiger partial charge in [0.25, 0.3) is 0 Å². The third-order valence-corrected chi connectivity index (χ3v) is 3.05. The molecule has 18 heavy (non-hydrogen) atoms. The molecule has 0 radical (unpaired) electrons. The van der Waals surface area contributed by atoms with E-state index in [0.29, 0.717) is 0 Å². The van der Waals surface area contributed by atoms with Crippen LogP contribution in [0.1, 0.15) is 5.56 Å². The Kier molecular flexibility index (Phi) is 2.69. The van der Waals surface area contributed by atoms with Crippen LogP contribution in [-0.2, 0) is 0 Å². The molecule has 1 heterocycles. The van der Waals surface area contributed by atoms with Crippen molar-refractivity contribution in [1.82, 2.24) is 5.16 Å². The summed E-state index contributed by atoms with van der Waals surface area (Å²) in [6, 6.07) is 18.5. The van der Waals surface area contributed by atoms with E-state index in [0.717, 1.165) is 11.3 Å². The maximum Gasteiger partial charge on any atom is 0.124 e. The van der Waals surface area contributed by atoms with Crippen LogP contribution in [0.4, 0.5) is 0 Å². The highest BCUT2D eigenvalue weighted by atomic mass is 16.5. The fourth-order valence-electron chi connectivity index (χ4n) is 2.22. The lowest BCUT2D eigenvalue weighted by Gasteiger charge is -2.10. The maximum absolute atomic E-state index is 4.95. The number of nitrogens with zero attached hydrogens (tertiary/aromatic N) is 1. The van der Waals surface area contributed by atoms with Gasteiger partial charge in [-0.05, 0) is 23.6 Å². The zero-order valence-electron chi connectivity index (χ0n) is 10.1. The Hall–Kier alpha value is -2.35. The van der Waals surface area contributed by atoms with Crippen molar-refractivity contribution in [2.75, 3.05) is 0 Å². The number of benzene rings is 2. The first kappa shape index (κ1) is 10.8. The monoisotopic (exact) mass is 235 g/mol. The molecule has 0 amide bonds. The van der Waals surface area contributed by atoms with Gasteiger partial charge in [-0.3, -0.25) is 0 Å². The fourth-order valence-corrected chi connectivity index (χ4v) is 2.22. The number of aryl methyl sites for hydroxylation is 1. The van der Waals surface area contributed by atoms with Crippen LogP contribution in [0.5, 0.6) is 0 Å². The maximum atomic E-state index is 4.95. The predicted octanol–water partition coefficient (Wildman–Crippen LogP) is 4.32. The average Bonchev–Trinajstić information content (AvgIpc) is 2.93. The lowest BCUT2D eigenvalue weighted by Crippen LogP contribution is -1.88. The molecular formula is C16H13NO. The number of hydrogen-bond acceptors (Lipinski definition) is 2. The first-order chi connectivity index (χ1) is 8.86. The third kappa shape index (κ3) is 1.82. The van der Waals surface area contributed by atoms with Crippen LogP contribution >= 0.6 is 0 Å². The van der Waals surface area contributed by atoms with Crippen LogP contribution in [0, 0.1) is 6.92 Å². The van der Waals surface area contributed by atoms with E-state index in [1.165, 1.54) is 16.7 Å². The number of hydrogen-bond donors (Lipinski definition) is 0. The first-order valence-corrected chi connectivity index (χ1v) is 5.92. The van der Waals surface area contributed by atoms with Gasteiger partial charge < -0.3 is 4.52 Å². The SMILES string of the molecule is Cc1cccc(-c2ccon2)c1-c1ccccc1. The van der Waals surface area contributed by atoms with E-state index < -0.39 is 0 Å². The van der Waals surface area contributed by atoms with E-state index in [1.54, 1.807) is 6.26 Å². The Bertz CT molecular complexity index is 642. The van der Waals surface area contributed by atoms with Crippen LogP contribution in [-0.4, -0.2) is 5.16 Å². The van der Waals surface area contributed by atoms with Gasteiger partial charge in [0.2, 0.25) is 0 Å². The van der Waals surface area contributed by atoms with Crippen molar-refractivity contribution < 1.29 is 4.52 Å². The average molecular weight is 235 g/mol. The summed E-state index contributed by atoms with van der Waals surface area (Å²) in [5.74, 6) is 0. The summed E-state index contributed by atoms with van der Waals surface area (Å²) in [4.78, 5) is 0. The third-order valence-electron chi connectivity index (χ3n) is 3.05. The molecule has 1 aromatic heterocycles. The van der Waals surface area contributed by atoms with Gasteiger partial charge in [-0.15, -0.1) is 0 Å². The van der Waals surface area contributed by atoms with Crippen molar-refractivity contribution in [3.05, 3.63) is 66.4 Å². The van der Waals surface area contributed by atoms with Crippen LogP contribution in [0.15, 0.2) is 65.4 Å². The molecule has 2 aromatic carbocycles. The van der Waals surface area contributed by atoms with E-state index in [1.807, 2.05) is 30.3 Å². The zero-order chi connectivity index (χ0) is 12.4. The van der Waals surface area contributed by atoms with Crippen LogP contribution in [0.25, 0.3) is 22.4 Å². The fraction of sp³-hybridized carbons (Fsp3) is 0.0625. The molecule has 3 rings (SSSR count). The highest BCUT2D eigenvalue weighted by Gasteiger charge is 2.11. The van der Waals surface area contributed by atoms with E-state index >= 15 is 0 Å². The Morgan fingerprint density at radius 3 is 2.44 bits per heavy atom. The lowest BCUT2D eigenvalue weighted by molar-refractivity contribution is 0.422. The van der Waals surface area contributed by atoms with Gasteiger partial charge in [0, 0.05) is 11.6 Å². The summed E-state index contributed by atoms with van der Waals surface area (Å²) >= 11 is 0. The molecule has 0 fully saturated rings. The largest absolute Gasteiger partial charge is 0.364 e. The second kappa shape index (κ2) is 4.49. The summed E-state index contributed by atoms with van der Waals surface area (Å²) in [7, 11) is 0. The molecule has 0 spiro atoms. The normalized spacial score (nSPS) is 10.5. The molecule has 88 valence electrons. The minimum atomic E-state index is 0.873. The van der Waals surface area contributed by atoms with Crippen molar-refractivity contribution in [3.8, 4) is 22.4 Å². The quantitative estimate of drug-likeness (QED) is 0.661.